The van der Waals surface area contributed by atoms with Crippen LogP contribution in [0, 0.1) is 0 Å². The molecule has 0 aliphatic carbocycles. The first kappa shape index (κ1) is 13.0. The van der Waals surface area contributed by atoms with Crippen LogP contribution in [0.25, 0.3) is 0 Å². The summed E-state index contributed by atoms with van der Waals surface area (Å²) in [6.45, 7) is 9.57. The van der Waals surface area contributed by atoms with E-state index in [4.69, 9.17) is 0 Å². The average molecular weight is 193 g/mol. The van der Waals surface area contributed by atoms with E-state index in [-0.39, 0.29) is 0 Å². The minimum absolute atomic E-state index is 1.11. The summed E-state index contributed by atoms with van der Waals surface area (Å²) in [6.07, 6.45) is 9.68. The van der Waals surface area contributed by atoms with E-state index in [9.17, 15) is 0 Å². The van der Waals surface area contributed by atoms with Gasteiger partial charge in [0, 0.05) is 19.3 Å². The quantitative estimate of drug-likeness (QED) is 0.601. The highest BCUT2D eigenvalue weighted by atomic mass is 15.1. The summed E-state index contributed by atoms with van der Waals surface area (Å²) in [5.74, 6) is 0. The Morgan fingerprint density at radius 2 is 1.71 bits per heavy atom. The van der Waals surface area contributed by atoms with Gasteiger partial charge in [-0.2, -0.15) is 0 Å². The van der Waals surface area contributed by atoms with Crippen LogP contribution in [0.3, 0.4) is 0 Å². The smallest absolute Gasteiger partial charge is 0.0389 e. The number of allylic oxidation sites excluding steroid dienone is 5. The van der Waals surface area contributed by atoms with E-state index in [0.29, 0.717) is 0 Å². The molecule has 0 saturated carbocycles. The van der Waals surface area contributed by atoms with E-state index in [0.717, 1.165) is 6.54 Å². The molecule has 0 fully saturated rings. The molecular weight excluding hydrogens is 170 g/mol. The fourth-order valence-electron chi connectivity index (χ4n) is 1.51. The zero-order chi connectivity index (χ0) is 11.0. The highest BCUT2D eigenvalue weighted by Gasteiger charge is 2.01. The molecule has 80 valence electrons. The van der Waals surface area contributed by atoms with Crippen LogP contribution in [0.2, 0.25) is 0 Å². The van der Waals surface area contributed by atoms with Crippen molar-refractivity contribution in [2.45, 2.75) is 34.1 Å². The average Bonchev–Trinajstić information content (AvgIpc) is 2.14. The van der Waals surface area contributed by atoms with E-state index in [1.165, 1.54) is 17.7 Å². The first-order valence-corrected chi connectivity index (χ1v) is 5.34. The van der Waals surface area contributed by atoms with Crippen LogP contribution in [0.1, 0.15) is 34.1 Å². The van der Waals surface area contributed by atoms with Gasteiger partial charge < -0.3 is 4.90 Å². The third kappa shape index (κ3) is 4.31. The largest absolute Gasteiger partial charge is 0.374 e. The lowest BCUT2D eigenvalue weighted by Gasteiger charge is -2.21. The molecular formula is C13H23N. The van der Waals surface area contributed by atoms with Crippen LogP contribution in [0.5, 0.6) is 0 Å². The molecule has 0 aromatic carbocycles. The Hall–Kier alpha value is -0.980. The highest BCUT2D eigenvalue weighted by Crippen LogP contribution is 2.12. The molecule has 0 rings (SSSR count). The van der Waals surface area contributed by atoms with Crippen molar-refractivity contribution < 1.29 is 0 Å². The van der Waals surface area contributed by atoms with Gasteiger partial charge in [0.2, 0.25) is 0 Å². The Balaban J connectivity index is 4.82. The number of hydrogen-bond acceptors (Lipinski definition) is 1. The minimum Gasteiger partial charge on any atom is -0.374 e. The van der Waals surface area contributed by atoms with Gasteiger partial charge in [-0.15, -0.1) is 0 Å². The molecule has 1 nitrogen and oxygen atoms in total. The van der Waals surface area contributed by atoms with Gasteiger partial charge in [0.05, 0.1) is 0 Å². The summed E-state index contributed by atoms with van der Waals surface area (Å²) >= 11 is 0. The molecule has 0 aliphatic heterocycles. The Bertz CT molecular complexity index is 234. The van der Waals surface area contributed by atoms with Crippen molar-refractivity contribution >= 4 is 0 Å². The molecule has 0 atom stereocenters. The molecule has 0 unspecified atom stereocenters. The van der Waals surface area contributed by atoms with Crippen LogP contribution in [0.15, 0.2) is 35.6 Å². The molecule has 14 heavy (non-hydrogen) atoms. The molecule has 0 saturated heterocycles. The Morgan fingerprint density at radius 3 is 2.14 bits per heavy atom. The number of likely N-dealkylation sites (N-methyl/N-ethyl adjacent to an activating group) is 1. The zero-order valence-corrected chi connectivity index (χ0v) is 10.2. The summed E-state index contributed by atoms with van der Waals surface area (Å²) in [4.78, 5) is 2.30. The molecule has 0 aromatic heterocycles. The second kappa shape index (κ2) is 7.43. The lowest BCUT2D eigenvalue weighted by Crippen LogP contribution is -2.18. The summed E-state index contributed by atoms with van der Waals surface area (Å²) in [7, 11) is 2.14. The number of hydrogen-bond donors (Lipinski definition) is 0. The van der Waals surface area contributed by atoms with Gasteiger partial charge in [-0.3, -0.25) is 0 Å². The Kier molecular flexibility index (Phi) is 6.91. The van der Waals surface area contributed by atoms with Gasteiger partial charge in [-0.25, -0.2) is 0 Å². The summed E-state index contributed by atoms with van der Waals surface area (Å²) < 4.78 is 0. The molecule has 0 bridgehead atoms. The third-order valence-electron chi connectivity index (χ3n) is 2.12. The first-order chi connectivity index (χ1) is 6.67. The molecule has 0 aliphatic rings. The van der Waals surface area contributed by atoms with Crippen LogP contribution >= 0.6 is 0 Å². The summed E-state index contributed by atoms with van der Waals surface area (Å²) in [5.41, 5.74) is 2.63. The van der Waals surface area contributed by atoms with E-state index >= 15 is 0 Å². The lowest BCUT2D eigenvalue weighted by molar-refractivity contribution is 0.426. The molecule has 0 spiro atoms. The van der Waals surface area contributed by atoms with Gasteiger partial charge in [0.25, 0.3) is 0 Å². The van der Waals surface area contributed by atoms with Crippen molar-refractivity contribution in [3.63, 3.8) is 0 Å². The van der Waals surface area contributed by atoms with E-state index in [2.05, 4.69) is 63.9 Å². The van der Waals surface area contributed by atoms with Gasteiger partial charge >= 0.3 is 0 Å². The van der Waals surface area contributed by atoms with Crippen molar-refractivity contribution in [3.8, 4) is 0 Å². The van der Waals surface area contributed by atoms with E-state index < -0.39 is 0 Å². The van der Waals surface area contributed by atoms with Crippen LogP contribution in [0.4, 0.5) is 0 Å². The first-order valence-electron chi connectivity index (χ1n) is 5.34. The van der Waals surface area contributed by atoms with Gasteiger partial charge in [-0.05, 0) is 38.8 Å². The molecule has 0 aromatic rings. The van der Waals surface area contributed by atoms with Crippen molar-refractivity contribution in [1.82, 2.24) is 4.90 Å². The normalized spacial score (nSPS) is 13.8. The van der Waals surface area contributed by atoms with Crippen molar-refractivity contribution in [3.05, 3.63) is 35.6 Å². The third-order valence-corrected chi connectivity index (χ3v) is 2.12. The molecule has 0 radical (unpaired) electrons. The maximum atomic E-state index is 2.30. The minimum atomic E-state index is 1.11. The van der Waals surface area contributed by atoms with Crippen molar-refractivity contribution in [2.24, 2.45) is 0 Å². The predicted octanol–water partition coefficient (Wildman–Crippen LogP) is 3.75. The zero-order valence-electron chi connectivity index (χ0n) is 10.2. The van der Waals surface area contributed by atoms with Gasteiger partial charge in [-0.1, -0.05) is 25.2 Å². The van der Waals surface area contributed by atoms with E-state index in [1.54, 1.807) is 0 Å². The van der Waals surface area contributed by atoms with Gasteiger partial charge in [0.15, 0.2) is 0 Å². The molecule has 0 heterocycles. The maximum Gasteiger partial charge on any atom is 0.0389 e. The van der Waals surface area contributed by atoms with Crippen molar-refractivity contribution in [2.75, 3.05) is 13.6 Å². The topological polar surface area (TPSA) is 3.24 Å². The number of nitrogens with zero attached hydrogens (tertiary/aromatic N) is 1. The Morgan fingerprint density at radius 1 is 1.14 bits per heavy atom. The standard InChI is InChI=1S/C13H23N/c1-6-9-12(4)13(10-7-2)14(5)11-8-3/h6-7,9-10H,8,11H2,1-5H3/b9-6-,10-7-,13-12+. The highest BCUT2D eigenvalue weighted by molar-refractivity contribution is 5.30. The predicted molar refractivity (Wildman–Crippen MR) is 65.2 cm³/mol. The Labute approximate surface area is 88.8 Å². The fourth-order valence-corrected chi connectivity index (χ4v) is 1.51. The SMILES string of the molecule is C\C=C/C(C)=C(\C=C/C)N(C)CCC. The lowest BCUT2D eigenvalue weighted by atomic mass is 10.2. The van der Waals surface area contributed by atoms with Crippen LogP contribution in [-0.4, -0.2) is 18.5 Å². The molecule has 1 heteroatoms. The summed E-state index contributed by atoms with van der Waals surface area (Å²) in [5, 5.41) is 0. The second-order valence-corrected chi connectivity index (χ2v) is 3.49. The van der Waals surface area contributed by atoms with Crippen LogP contribution < -0.4 is 0 Å². The molecule has 0 N–H and O–H groups in total. The number of rotatable bonds is 5. The van der Waals surface area contributed by atoms with Crippen molar-refractivity contribution in [1.29, 1.82) is 0 Å². The monoisotopic (exact) mass is 193 g/mol. The van der Waals surface area contributed by atoms with Gasteiger partial charge in [0.1, 0.15) is 0 Å². The second-order valence-electron chi connectivity index (χ2n) is 3.49. The molecule has 0 amide bonds. The maximum absolute atomic E-state index is 2.30. The summed E-state index contributed by atoms with van der Waals surface area (Å²) in [6, 6.07) is 0. The van der Waals surface area contributed by atoms with E-state index in [1.807, 2.05) is 0 Å². The fraction of sp³-hybridized carbons (Fsp3) is 0.538. The van der Waals surface area contributed by atoms with Crippen LogP contribution in [-0.2, 0) is 0 Å².